The molecule has 0 radical (unpaired) electrons. The molecule has 1 N–H and O–H groups in total. The topological polar surface area (TPSA) is 29.1 Å². The van der Waals surface area contributed by atoms with E-state index in [1.54, 1.807) is 0 Å². The Morgan fingerprint density at radius 1 is 1.45 bits per heavy atom. The van der Waals surface area contributed by atoms with Crippen molar-refractivity contribution in [1.82, 2.24) is 5.32 Å². The van der Waals surface area contributed by atoms with E-state index in [0.29, 0.717) is 5.92 Å². The molecule has 2 atom stereocenters. The molecule has 1 aliphatic heterocycles. The second-order valence-corrected chi connectivity index (χ2v) is 3.36. The second-order valence-electron chi connectivity index (χ2n) is 3.36. The van der Waals surface area contributed by atoms with E-state index in [9.17, 15) is 4.79 Å². The molecule has 1 amide bonds. The van der Waals surface area contributed by atoms with Crippen LogP contribution in [0.25, 0.3) is 0 Å². The Morgan fingerprint density at radius 3 is 3.18 bits per heavy atom. The molecule has 0 bridgehead atoms. The Kier molecular flexibility index (Phi) is 1.68. The summed E-state index contributed by atoms with van der Waals surface area (Å²) in [6.07, 6.45) is 7.68. The number of carbonyl (C=O) groups excluding carboxylic acids is 1. The molecule has 0 unspecified atom stereocenters. The van der Waals surface area contributed by atoms with Gasteiger partial charge in [-0.3, -0.25) is 4.79 Å². The van der Waals surface area contributed by atoms with Gasteiger partial charge in [0.15, 0.2) is 0 Å². The first-order valence-electron chi connectivity index (χ1n) is 4.32. The average Bonchev–Trinajstić information content (AvgIpc) is 2.06. The molecule has 0 aromatic rings. The SMILES string of the molecule is O=C1NCC[C@@H]2C=CCC[C@H]12. The van der Waals surface area contributed by atoms with E-state index >= 15 is 0 Å². The first-order valence-corrected chi connectivity index (χ1v) is 4.32. The van der Waals surface area contributed by atoms with Gasteiger partial charge in [-0.1, -0.05) is 12.2 Å². The lowest BCUT2D eigenvalue weighted by molar-refractivity contribution is -0.128. The van der Waals surface area contributed by atoms with Gasteiger partial charge in [0.2, 0.25) is 5.91 Å². The fourth-order valence-corrected chi connectivity index (χ4v) is 2.01. The first-order chi connectivity index (χ1) is 5.38. The molecule has 0 aromatic heterocycles. The Hall–Kier alpha value is -0.790. The average molecular weight is 151 g/mol. The highest BCUT2D eigenvalue weighted by Gasteiger charge is 2.30. The molecular weight excluding hydrogens is 138 g/mol. The summed E-state index contributed by atoms with van der Waals surface area (Å²) in [4.78, 5) is 11.3. The molecule has 2 rings (SSSR count). The van der Waals surface area contributed by atoms with Crippen molar-refractivity contribution >= 4 is 5.91 Å². The Balaban J connectivity index is 2.15. The van der Waals surface area contributed by atoms with Crippen molar-refractivity contribution in [3.05, 3.63) is 12.2 Å². The van der Waals surface area contributed by atoms with E-state index < -0.39 is 0 Å². The smallest absolute Gasteiger partial charge is 0.223 e. The van der Waals surface area contributed by atoms with Crippen LogP contribution in [0.4, 0.5) is 0 Å². The minimum Gasteiger partial charge on any atom is -0.356 e. The Bertz CT molecular complexity index is 198. The van der Waals surface area contributed by atoms with Crippen molar-refractivity contribution in [1.29, 1.82) is 0 Å². The van der Waals surface area contributed by atoms with Crippen LogP contribution in [0.3, 0.4) is 0 Å². The zero-order valence-electron chi connectivity index (χ0n) is 6.55. The molecule has 2 nitrogen and oxygen atoms in total. The van der Waals surface area contributed by atoms with Crippen LogP contribution in [0.5, 0.6) is 0 Å². The lowest BCUT2D eigenvalue weighted by Gasteiger charge is -2.31. The number of allylic oxidation sites excluding steroid dienone is 2. The summed E-state index contributed by atoms with van der Waals surface area (Å²) in [5.74, 6) is 1.09. The minimum absolute atomic E-state index is 0.269. The monoisotopic (exact) mass is 151 g/mol. The number of rotatable bonds is 0. The first kappa shape index (κ1) is 6.89. The van der Waals surface area contributed by atoms with Crippen molar-refractivity contribution in [2.45, 2.75) is 19.3 Å². The van der Waals surface area contributed by atoms with E-state index in [4.69, 9.17) is 0 Å². The molecule has 60 valence electrons. The van der Waals surface area contributed by atoms with Crippen molar-refractivity contribution in [3.8, 4) is 0 Å². The second kappa shape index (κ2) is 2.68. The third-order valence-corrected chi connectivity index (χ3v) is 2.66. The predicted octanol–water partition coefficient (Wildman–Crippen LogP) is 1.09. The van der Waals surface area contributed by atoms with Crippen LogP contribution in [-0.2, 0) is 4.79 Å². The molecular formula is C9H13NO. The summed E-state index contributed by atoms with van der Waals surface area (Å²) in [5.41, 5.74) is 0. The summed E-state index contributed by atoms with van der Waals surface area (Å²) >= 11 is 0. The van der Waals surface area contributed by atoms with E-state index in [0.717, 1.165) is 25.8 Å². The summed E-state index contributed by atoms with van der Waals surface area (Å²) < 4.78 is 0. The van der Waals surface area contributed by atoms with Gasteiger partial charge in [0.05, 0.1) is 0 Å². The highest BCUT2D eigenvalue weighted by Crippen LogP contribution is 2.29. The molecule has 11 heavy (non-hydrogen) atoms. The van der Waals surface area contributed by atoms with E-state index in [-0.39, 0.29) is 11.8 Å². The van der Waals surface area contributed by atoms with E-state index in [1.165, 1.54) is 0 Å². The maximum absolute atomic E-state index is 11.3. The third-order valence-electron chi connectivity index (χ3n) is 2.66. The molecule has 1 saturated heterocycles. The summed E-state index contributed by atoms with van der Waals surface area (Å²) in [6, 6.07) is 0. The number of nitrogens with one attached hydrogen (secondary N) is 1. The predicted molar refractivity (Wildman–Crippen MR) is 43.0 cm³/mol. The summed E-state index contributed by atoms with van der Waals surface area (Å²) in [6.45, 7) is 0.865. The lowest BCUT2D eigenvalue weighted by Crippen LogP contribution is -2.42. The number of piperidine rings is 1. The quantitative estimate of drug-likeness (QED) is 0.516. The molecule has 1 fully saturated rings. The van der Waals surface area contributed by atoms with Gasteiger partial charge >= 0.3 is 0 Å². The number of hydrogen-bond acceptors (Lipinski definition) is 1. The van der Waals surface area contributed by atoms with Gasteiger partial charge in [0, 0.05) is 12.5 Å². The molecule has 2 aliphatic rings. The van der Waals surface area contributed by atoms with Crippen LogP contribution in [0, 0.1) is 11.8 Å². The van der Waals surface area contributed by atoms with E-state index in [1.807, 2.05) is 0 Å². The number of hydrogen-bond donors (Lipinski definition) is 1. The van der Waals surface area contributed by atoms with Crippen LogP contribution < -0.4 is 5.32 Å². The van der Waals surface area contributed by atoms with Crippen LogP contribution in [0.15, 0.2) is 12.2 Å². The minimum atomic E-state index is 0.269. The number of amides is 1. The third kappa shape index (κ3) is 1.17. The molecule has 2 heteroatoms. The maximum Gasteiger partial charge on any atom is 0.223 e. The van der Waals surface area contributed by atoms with Gasteiger partial charge in [0.1, 0.15) is 0 Å². The van der Waals surface area contributed by atoms with Crippen molar-refractivity contribution < 1.29 is 4.79 Å². The van der Waals surface area contributed by atoms with Gasteiger partial charge in [-0.05, 0) is 25.2 Å². The zero-order chi connectivity index (χ0) is 7.68. The fraction of sp³-hybridized carbons (Fsp3) is 0.667. The number of fused-ring (bicyclic) bond motifs is 1. The van der Waals surface area contributed by atoms with Gasteiger partial charge in [-0.15, -0.1) is 0 Å². The molecule has 0 aromatic carbocycles. The Morgan fingerprint density at radius 2 is 2.36 bits per heavy atom. The molecule has 1 aliphatic carbocycles. The molecule has 1 heterocycles. The highest BCUT2D eigenvalue weighted by molar-refractivity contribution is 5.80. The van der Waals surface area contributed by atoms with E-state index in [2.05, 4.69) is 17.5 Å². The fourth-order valence-electron chi connectivity index (χ4n) is 2.01. The highest BCUT2D eigenvalue weighted by atomic mass is 16.1. The van der Waals surface area contributed by atoms with Gasteiger partial charge in [-0.25, -0.2) is 0 Å². The summed E-state index contributed by atoms with van der Waals surface area (Å²) in [5, 5.41) is 2.91. The van der Waals surface area contributed by atoms with Crippen molar-refractivity contribution in [2.75, 3.05) is 6.54 Å². The summed E-state index contributed by atoms with van der Waals surface area (Å²) in [7, 11) is 0. The van der Waals surface area contributed by atoms with Crippen LogP contribution in [0.2, 0.25) is 0 Å². The zero-order valence-corrected chi connectivity index (χ0v) is 6.55. The lowest BCUT2D eigenvalue weighted by atomic mass is 9.79. The van der Waals surface area contributed by atoms with Crippen LogP contribution in [-0.4, -0.2) is 12.5 Å². The van der Waals surface area contributed by atoms with Crippen LogP contribution >= 0.6 is 0 Å². The van der Waals surface area contributed by atoms with Gasteiger partial charge in [-0.2, -0.15) is 0 Å². The standard InChI is InChI=1S/C9H13NO/c11-9-8-4-2-1-3-7(8)5-6-10-9/h1,3,7-8H,2,4-6H2,(H,10,11)/t7-,8-/m0/s1. The largest absolute Gasteiger partial charge is 0.356 e. The Labute approximate surface area is 66.7 Å². The molecule has 0 saturated carbocycles. The van der Waals surface area contributed by atoms with Gasteiger partial charge < -0.3 is 5.32 Å². The normalized spacial score (nSPS) is 36.2. The number of carbonyl (C=O) groups is 1. The van der Waals surface area contributed by atoms with Crippen molar-refractivity contribution in [2.24, 2.45) is 11.8 Å². The molecule has 0 spiro atoms. The van der Waals surface area contributed by atoms with Crippen molar-refractivity contribution in [3.63, 3.8) is 0 Å². The van der Waals surface area contributed by atoms with Crippen LogP contribution in [0.1, 0.15) is 19.3 Å². The maximum atomic E-state index is 11.3. The van der Waals surface area contributed by atoms with Gasteiger partial charge in [0.25, 0.3) is 0 Å².